The molecular formula is C16H30N2. The van der Waals surface area contributed by atoms with Gasteiger partial charge in [-0.05, 0) is 32.1 Å². The lowest BCUT2D eigenvalue weighted by Crippen LogP contribution is -2.66. The second kappa shape index (κ2) is 5.50. The van der Waals surface area contributed by atoms with Crippen LogP contribution in [-0.2, 0) is 0 Å². The first-order chi connectivity index (χ1) is 8.84. The third-order valence-electron chi connectivity index (χ3n) is 5.79. The molecule has 0 bridgehead atoms. The van der Waals surface area contributed by atoms with Crippen molar-refractivity contribution in [1.82, 2.24) is 10.2 Å². The van der Waals surface area contributed by atoms with Gasteiger partial charge in [-0.1, -0.05) is 39.0 Å². The number of hydrogen-bond donors (Lipinski definition) is 1. The van der Waals surface area contributed by atoms with E-state index in [4.69, 9.17) is 0 Å². The summed E-state index contributed by atoms with van der Waals surface area (Å²) in [6, 6.07) is 1.66. The van der Waals surface area contributed by atoms with Crippen LogP contribution in [-0.4, -0.2) is 35.6 Å². The second-order valence-corrected chi connectivity index (χ2v) is 6.86. The Balaban J connectivity index is 1.75. The van der Waals surface area contributed by atoms with Crippen molar-refractivity contribution in [2.24, 2.45) is 0 Å². The van der Waals surface area contributed by atoms with E-state index in [2.05, 4.69) is 17.1 Å². The fraction of sp³-hybridized carbons (Fsp3) is 1.00. The van der Waals surface area contributed by atoms with E-state index >= 15 is 0 Å². The van der Waals surface area contributed by atoms with Crippen LogP contribution >= 0.6 is 0 Å². The monoisotopic (exact) mass is 250 g/mol. The second-order valence-electron chi connectivity index (χ2n) is 6.86. The van der Waals surface area contributed by atoms with Crippen molar-refractivity contribution in [2.75, 3.05) is 13.1 Å². The number of hydrogen-bond acceptors (Lipinski definition) is 2. The van der Waals surface area contributed by atoms with Gasteiger partial charge in [-0.3, -0.25) is 4.90 Å². The van der Waals surface area contributed by atoms with E-state index in [-0.39, 0.29) is 0 Å². The summed E-state index contributed by atoms with van der Waals surface area (Å²) in [5.74, 6) is 0. The molecule has 1 aliphatic heterocycles. The van der Waals surface area contributed by atoms with Gasteiger partial charge in [-0.25, -0.2) is 0 Å². The third kappa shape index (κ3) is 2.34. The fourth-order valence-electron chi connectivity index (χ4n) is 4.63. The Morgan fingerprint density at radius 3 is 2.44 bits per heavy atom. The number of piperazine rings is 1. The van der Waals surface area contributed by atoms with E-state index in [1.807, 2.05) is 0 Å². The summed E-state index contributed by atoms with van der Waals surface area (Å²) in [4.78, 5) is 2.98. The molecule has 0 aromatic carbocycles. The lowest BCUT2D eigenvalue weighted by Gasteiger charge is -2.52. The highest BCUT2D eigenvalue weighted by Crippen LogP contribution is 2.40. The van der Waals surface area contributed by atoms with Crippen molar-refractivity contribution >= 4 is 0 Å². The summed E-state index contributed by atoms with van der Waals surface area (Å²) < 4.78 is 0. The van der Waals surface area contributed by atoms with E-state index in [9.17, 15) is 0 Å². The van der Waals surface area contributed by atoms with E-state index in [0.29, 0.717) is 5.54 Å². The summed E-state index contributed by atoms with van der Waals surface area (Å²) >= 11 is 0. The van der Waals surface area contributed by atoms with Gasteiger partial charge in [0.25, 0.3) is 0 Å². The molecular weight excluding hydrogens is 220 g/mol. The van der Waals surface area contributed by atoms with Crippen LogP contribution < -0.4 is 5.32 Å². The quantitative estimate of drug-likeness (QED) is 0.809. The zero-order chi connectivity index (χ0) is 12.4. The first-order valence-corrected chi connectivity index (χ1v) is 8.34. The molecule has 1 heterocycles. The van der Waals surface area contributed by atoms with Crippen molar-refractivity contribution in [2.45, 2.75) is 88.8 Å². The average Bonchev–Trinajstić information content (AvgIpc) is 2.90. The first kappa shape index (κ1) is 12.9. The third-order valence-corrected chi connectivity index (χ3v) is 5.79. The van der Waals surface area contributed by atoms with Crippen molar-refractivity contribution in [3.05, 3.63) is 0 Å². The molecule has 2 saturated carbocycles. The van der Waals surface area contributed by atoms with Gasteiger partial charge in [0.15, 0.2) is 0 Å². The predicted octanol–water partition coefficient (Wildman–Crippen LogP) is 3.32. The van der Waals surface area contributed by atoms with Crippen LogP contribution in [0.25, 0.3) is 0 Å². The lowest BCUT2D eigenvalue weighted by molar-refractivity contribution is -0.00828. The smallest absolute Gasteiger partial charge is 0.0337 e. The minimum Gasteiger partial charge on any atom is -0.311 e. The molecule has 1 N–H and O–H groups in total. The van der Waals surface area contributed by atoms with Gasteiger partial charge in [0.2, 0.25) is 0 Å². The summed E-state index contributed by atoms with van der Waals surface area (Å²) in [5.41, 5.74) is 0.549. The number of rotatable bonds is 2. The molecule has 3 rings (SSSR count). The normalized spacial score (nSPS) is 34.2. The summed E-state index contributed by atoms with van der Waals surface area (Å²) in [7, 11) is 0. The van der Waals surface area contributed by atoms with Crippen LogP contribution in [0, 0.1) is 0 Å². The number of nitrogens with zero attached hydrogens (tertiary/aromatic N) is 1. The van der Waals surface area contributed by atoms with Crippen molar-refractivity contribution in [1.29, 1.82) is 0 Å². The Morgan fingerprint density at radius 2 is 1.78 bits per heavy atom. The average molecular weight is 250 g/mol. The van der Waals surface area contributed by atoms with Crippen LogP contribution in [0.15, 0.2) is 0 Å². The van der Waals surface area contributed by atoms with Crippen LogP contribution in [0.3, 0.4) is 0 Å². The van der Waals surface area contributed by atoms with Crippen LogP contribution in [0.4, 0.5) is 0 Å². The molecule has 104 valence electrons. The molecule has 0 aromatic heterocycles. The molecule has 3 fully saturated rings. The van der Waals surface area contributed by atoms with E-state index in [1.54, 1.807) is 0 Å². The van der Waals surface area contributed by atoms with Gasteiger partial charge >= 0.3 is 0 Å². The molecule has 2 nitrogen and oxygen atoms in total. The maximum absolute atomic E-state index is 3.83. The molecule has 18 heavy (non-hydrogen) atoms. The highest BCUT2D eigenvalue weighted by molar-refractivity contribution is 5.04. The molecule has 0 radical (unpaired) electrons. The zero-order valence-electron chi connectivity index (χ0n) is 12.1. The molecule has 3 aliphatic rings. The SMILES string of the molecule is CCC1CN(C2CCCCC2)C2(CCCC2)CN1. The Labute approximate surface area is 113 Å². The molecule has 2 aliphatic carbocycles. The Bertz CT molecular complexity index is 264. The molecule has 1 atom stereocenters. The summed E-state index contributed by atoms with van der Waals surface area (Å²) in [6.07, 6.45) is 14.5. The Hall–Kier alpha value is -0.0800. The minimum absolute atomic E-state index is 0.549. The minimum atomic E-state index is 0.549. The van der Waals surface area contributed by atoms with Crippen LogP contribution in [0.5, 0.6) is 0 Å². The van der Waals surface area contributed by atoms with Gasteiger partial charge in [-0.15, -0.1) is 0 Å². The molecule has 2 heteroatoms. The molecule has 1 unspecified atom stereocenters. The predicted molar refractivity (Wildman–Crippen MR) is 76.9 cm³/mol. The highest BCUT2D eigenvalue weighted by Gasteiger charge is 2.45. The lowest BCUT2D eigenvalue weighted by atomic mass is 9.84. The van der Waals surface area contributed by atoms with Gasteiger partial charge in [0.1, 0.15) is 0 Å². The van der Waals surface area contributed by atoms with Gasteiger partial charge in [-0.2, -0.15) is 0 Å². The topological polar surface area (TPSA) is 15.3 Å². The summed E-state index contributed by atoms with van der Waals surface area (Å²) in [5, 5.41) is 3.83. The van der Waals surface area contributed by atoms with Gasteiger partial charge in [0.05, 0.1) is 0 Å². The van der Waals surface area contributed by atoms with E-state index in [1.165, 1.54) is 77.3 Å². The van der Waals surface area contributed by atoms with Crippen molar-refractivity contribution in [3.8, 4) is 0 Å². The maximum Gasteiger partial charge on any atom is 0.0337 e. The first-order valence-electron chi connectivity index (χ1n) is 8.34. The molecule has 1 saturated heterocycles. The standard InChI is InChI=1S/C16H30N2/c1-2-14-12-18(15-8-4-3-5-9-15)16(13-17-14)10-6-7-11-16/h14-15,17H,2-13H2,1H3. The largest absolute Gasteiger partial charge is 0.311 e. The van der Waals surface area contributed by atoms with Crippen molar-refractivity contribution in [3.63, 3.8) is 0 Å². The number of nitrogens with one attached hydrogen (secondary N) is 1. The van der Waals surface area contributed by atoms with Crippen LogP contribution in [0.2, 0.25) is 0 Å². The van der Waals surface area contributed by atoms with Gasteiger partial charge in [0, 0.05) is 30.7 Å². The Morgan fingerprint density at radius 1 is 1.06 bits per heavy atom. The van der Waals surface area contributed by atoms with Gasteiger partial charge < -0.3 is 5.32 Å². The van der Waals surface area contributed by atoms with E-state index < -0.39 is 0 Å². The summed E-state index contributed by atoms with van der Waals surface area (Å²) in [6.45, 7) is 4.92. The van der Waals surface area contributed by atoms with Crippen LogP contribution in [0.1, 0.15) is 71.1 Å². The highest BCUT2D eigenvalue weighted by atomic mass is 15.3. The zero-order valence-corrected chi connectivity index (χ0v) is 12.1. The molecule has 1 spiro atoms. The fourth-order valence-corrected chi connectivity index (χ4v) is 4.63. The maximum atomic E-state index is 3.83. The molecule has 0 amide bonds. The van der Waals surface area contributed by atoms with E-state index in [0.717, 1.165) is 12.1 Å². The Kier molecular flexibility index (Phi) is 3.95. The van der Waals surface area contributed by atoms with Crippen molar-refractivity contribution < 1.29 is 0 Å². The molecule has 0 aromatic rings.